The fourth-order valence-corrected chi connectivity index (χ4v) is 1.97. The van der Waals surface area contributed by atoms with E-state index in [2.05, 4.69) is 10.4 Å². The van der Waals surface area contributed by atoms with E-state index in [4.69, 9.17) is 10.3 Å². The van der Waals surface area contributed by atoms with Crippen molar-refractivity contribution in [3.05, 3.63) is 53.6 Å². The van der Waals surface area contributed by atoms with E-state index in [1.807, 2.05) is 31.2 Å². The Morgan fingerprint density at radius 1 is 1.20 bits per heavy atom. The average molecular weight is 267 g/mol. The number of nitrogens with one attached hydrogen (secondary N) is 1. The number of carbonyl (C=O) groups is 1. The van der Waals surface area contributed by atoms with Gasteiger partial charge in [0.1, 0.15) is 5.52 Å². The van der Waals surface area contributed by atoms with Gasteiger partial charge < -0.3 is 4.42 Å². The van der Waals surface area contributed by atoms with Crippen molar-refractivity contribution >= 4 is 17.0 Å². The number of hydrogen-bond acceptors (Lipinski definition) is 4. The van der Waals surface area contributed by atoms with Crippen LogP contribution in [0.5, 0.6) is 0 Å². The number of oxazole rings is 1. The van der Waals surface area contributed by atoms with Gasteiger partial charge in [-0.05, 0) is 37.3 Å². The summed E-state index contributed by atoms with van der Waals surface area (Å²) in [6, 6.07) is 12.9. The van der Waals surface area contributed by atoms with Gasteiger partial charge in [0.2, 0.25) is 5.89 Å². The maximum absolute atomic E-state index is 11.5. The summed E-state index contributed by atoms with van der Waals surface area (Å²) in [5.74, 6) is 5.29. The number of aryl methyl sites for hydroxylation is 1. The van der Waals surface area contributed by atoms with E-state index in [0.29, 0.717) is 22.6 Å². The lowest BCUT2D eigenvalue weighted by atomic mass is 10.1. The quantitative estimate of drug-likeness (QED) is 0.424. The minimum atomic E-state index is -0.355. The molecular weight excluding hydrogens is 254 g/mol. The van der Waals surface area contributed by atoms with E-state index in [1.165, 1.54) is 5.56 Å². The van der Waals surface area contributed by atoms with Crippen molar-refractivity contribution in [2.45, 2.75) is 6.92 Å². The van der Waals surface area contributed by atoms with Gasteiger partial charge in [-0.15, -0.1) is 0 Å². The molecule has 5 nitrogen and oxygen atoms in total. The van der Waals surface area contributed by atoms with Crippen molar-refractivity contribution in [2.75, 3.05) is 0 Å². The average Bonchev–Trinajstić information content (AvgIpc) is 2.90. The van der Waals surface area contributed by atoms with Gasteiger partial charge in [0.15, 0.2) is 5.58 Å². The van der Waals surface area contributed by atoms with Gasteiger partial charge >= 0.3 is 0 Å². The molecule has 100 valence electrons. The van der Waals surface area contributed by atoms with Crippen LogP contribution in [0, 0.1) is 6.92 Å². The summed E-state index contributed by atoms with van der Waals surface area (Å²) >= 11 is 0. The third-order valence-electron chi connectivity index (χ3n) is 3.08. The predicted octanol–water partition coefficient (Wildman–Crippen LogP) is 2.41. The number of fused-ring (bicyclic) bond motifs is 1. The van der Waals surface area contributed by atoms with Gasteiger partial charge in [0.25, 0.3) is 5.91 Å². The third-order valence-corrected chi connectivity index (χ3v) is 3.08. The summed E-state index contributed by atoms with van der Waals surface area (Å²) in [6.45, 7) is 2.02. The zero-order chi connectivity index (χ0) is 14.1. The van der Waals surface area contributed by atoms with Crippen LogP contribution >= 0.6 is 0 Å². The first-order valence-corrected chi connectivity index (χ1v) is 6.16. The fourth-order valence-electron chi connectivity index (χ4n) is 1.97. The number of hydrogen-bond donors (Lipinski definition) is 2. The molecule has 0 saturated heterocycles. The second kappa shape index (κ2) is 4.79. The first-order valence-electron chi connectivity index (χ1n) is 6.16. The lowest BCUT2D eigenvalue weighted by Gasteiger charge is -1.97. The molecular formula is C15H13N3O2. The molecule has 20 heavy (non-hydrogen) atoms. The lowest BCUT2D eigenvalue weighted by molar-refractivity contribution is 0.0954. The zero-order valence-corrected chi connectivity index (χ0v) is 10.9. The molecule has 0 aliphatic carbocycles. The molecule has 2 aromatic carbocycles. The first kappa shape index (κ1) is 12.4. The van der Waals surface area contributed by atoms with E-state index in [-0.39, 0.29) is 5.91 Å². The van der Waals surface area contributed by atoms with E-state index in [1.54, 1.807) is 18.2 Å². The van der Waals surface area contributed by atoms with Gasteiger partial charge in [-0.2, -0.15) is 0 Å². The highest BCUT2D eigenvalue weighted by Crippen LogP contribution is 2.25. The zero-order valence-electron chi connectivity index (χ0n) is 10.9. The number of aromatic nitrogens is 1. The van der Waals surface area contributed by atoms with Crippen LogP contribution in [0.4, 0.5) is 0 Å². The van der Waals surface area contributed by atoms with Crippen LogP contribution in [0.2, 0.25) is 0 Å². The Hall–Kier alpha value is -2.66. The van der Waals surface area contributed by atoms with E-state index in [9.17, 15) is 4.79 Å². The summed E-state index contributed by atoms with van der Waals surface area (Å²) in [4.78, 5) is 15.9. The van der Waals surface area contributed by atoms with Crippen LogP contribution in [0.1, 0.15) is 15.9 Å². The molecule has 3 rings (SSSR count). The Labute approximate surface area is 115 Å². The molecule has 0 fully saturated rings. The number of hydrazine groups is 1. The summed E-state index contributed by atoms with van der Waals surface area (Å²) in [5, 5.41) is 0. The molecule has 0 aliphatic heterocycles. The number of nitrogens with two attached hydrogens (primary N) is 1. The molecule has 5 heteroatoms. The van der Waals surface area contributed by atoms with E-state index < -0.39 is 0 Å². The Bertz CT molecular complexity index is 775. The van der Waals surface area contributed by atoms with Crippen molar-refractivity contribution in [2.24, 2.45) is 5.84 Å². The first-order chi connectivity index (χ1) is 9.67. The topological polar surface area (TPSA) is 81.2 Å². The monoisotopic (exact) mass is 267 g/mol. The van der Waals surface area contributed by atoms with Crippen molar-refractivity contribution in [3.8, 4) is 11.5 Å². The molecule has 0 spiro atoms. The Kier molecular flexibility index (Phi) is 2.96. The van der Waals surface area contributed by atoms with Gasteiger partial charge in [-0.25, -0.2) is 10.8 Å². The SMILES string of the molecule is Cc1ccc(-c2nc3cc(C(=O)NN)ccc3o2)cc1. The maximum atomic E-state index is 11.5. The van der Waals surface area contributed by atoms with Crippen LogP contribution < -0.4 is 11.3 Å². The number of amides is 1. The summed E-state index contributed by atoms with van der Waals surface area (Å²) < 4.78 is 5.69. The lowest BCUT2D eigenvalue weighted by Crippen LogP contribution is -2.29. The minimum absolute atomic E-state index is 0.355. The third kappa shape index (κ3) is 2.15. The van der Waals surface area contributed by atoms with Crippen molar-refractivity contribution in [1.82, 2.24) is 10.4 Å². The van der Waals surface area contributed by atoms with Crippen LogP contribution in [0.3, 0.4) is 0 Å². The highest BCUT2D eigenvalue weighted by Gasteiger charge is 2.11. The molecule has 3 N–H and O–H groups in total. The fraction of sp³-hybridized carbons (Fsp3) is 0.0667. The molecule has 0 atom stereocenters. The highest BCUT2D eigenvalue weighted by molar-refractivity contribution is 5.96. The second-order valence-corrected chi connectivity index (χ2v) is 4.54. The standard InChI is InChI=1S/C15H13N3O2/c1-9-2-4-10(5-3-9)15-17-12-8-11(14(19)18-16)6-7-13(12)20-15/h2-8H,16H2,1H3,(H,18,19). The molecule has 0 saturated carbocycles. The second-order valence-electron chi connectivity index (χ2n) is 4.54. The van der Waals surface area contributed by atoms with Crippen molar-refractivity contribution in [3.63, 3.8) is 0 Å². The van der Waals surface area contributed by atoms with Crippen LogP contribution in [-0.2, 0) is 0 Å². The highest BCUT2D eigenvalue weighted by atomic mass is 16.3. The van der Waals surface area contributed by atoms with Crippen molar-refractivity contribution < 1.29 is 9.21 Å². The minimum Gasteiger partial charge on any atom is -0.436 e. The largest absolute Gasteiger partial charge is 0.436 e. The number of rotatable bonds is 2. The Morgan fingerprint density at radius 2 is 1.95 bits per heavy atom. The summed E-state index contributed by atoms with van der Waals surface area (Å²) in [7, 11) is 0. The van der Waals surface area contributed by atoms with Crippen molar-refractivity contribution in [1.29, 1.82) is 0 Å². The molecule has 1 amide bonds. The molecule has 1 heterocycles. The maximum Gasteiger partial charge on any atom is 0.265 e. The van der Waals surface area contributed by atoms with Gasteiger partial charge in [0, 0.05) is 11.1 Å². The molecule has 1 aromatic heterocycles. The van der Waals surface area contributed by atoms with Crippen LogP contribution in [0.15, 0.2) is 46.9 Å². The molecule has 3 aromatic rings. The Balaban J connectivity index is 2.06. The summed E-state index contributed by atoms with van der Waals surface area (Å²) in [5.41, 5.74) is 5.87. The number of nitrogens with zero attached hydrogens (tertiary/aromatic N) is 1. The van der Waals surface area contributed by atoms with E-state index >= 15 is 0 Å². The summed E-state index contributed by atoms with van der Waals surface area (Å²) in [6.07, 6.45) is 0. The molecule has 0 bridgehead atoms. The van der Waals surface area contributed by atoms with Crippen LogP contribution in [0.25, 0.3) is 22.6 Å². The van der Waals surface area contributed by atoms with Crippen LogP contribution in [-0.4, -0.2) is 10.9 Å². The van der Waals surface area contributed by atoms with E-state index in [0.717, 1.165) is 5.56 Å². The number of nitrogen functional groups attached to an aromatic ring is 1. The Morgan fingerprint density at radius 3 is 2.65 bits per heavy atom. The predicted molar refractivity (Wildman–Crippen MR) is 75.8 cm³/mol. The number of carbonyl (C=O) groups excluding carboxylic acids is 1. The molecule has 0 aliphatic rings. The smallest absolute Gasteiger partial charge is 0.265 e. The van der Waals surface area contributed by atoms with Gasteiger partial charge in [-0.1, -0.05) is 17.7 Å². The molecule has 0 unspecified atom stereocenters. The molecule has 0 radical (unpaired) electrons. The number of benzene rings is 2. The normalized spacial score (nSPS) is 10.7. The van der Waals surface area contributed by atoms with Gasteiger partial charge in [0.05, 0.1) is 0 Å². The van der Waals surface area contributed by atoms with Gasteiger partial charge in [-0.3, -0.25) is 10.2 Å².